The van der Waals surface area contributed by atoms with Crippen LogP contribution in [0, 0.1) is 40.4 Å². The maximum atomic E-state index is 13.3. The zero-order valence-electron chi connectivity index (χ0n) is 22.1. The van der Waals surface area contributed by atoms with Gasteiger partial charge in [0.05, 0.1) is 17.6 Å². The molecule has 3 atom stereocenters. The third kappa shape index (κ3) is 4.58. The number of allylic oxidation sites excluding steroid dienone is 1. The molecule has 2 heterocycles. The fraction of sp³-hybridized carbons (Fsp3) is 0.400. The fourth-order valence-electron chi connectivity index (χ4n) is 4.79. The highest BCUT2D eigenvalue weighted by Crippen LogP contribution is 2.61. The number of nitriles is 2. The van der Waals surface area contributed by atoms with Gasteiger partial charge < -0.3 is 9.47 Å². The van der Waals surface area contributed by atoms with Crippen LogP contribution in [0.3, 0.4) is 0 Å². The molecule has 2 aromatic carbocycles. The minimum atomic E-state index is -1.58. The lowest BCUT2D eigenvalue weighted by Crippen LogP contribution is -2.47. The van der Waals surface area contributed by atoms with Crippen LogP contribution >= 0.6 is 15.9 Å². The normalized spacial score (nSPS) is 23.2. The standard InChI is InChI=1S/C30H30BrN3O3/c1-17-8-10-18(11-9-17)26-30(34-22(16-33)25(35)28(2,3)4)24(20-14-19(31)12-13-23(20)36-26)21(15-32)27(37-30)29(5,6)7/h8-14,24,26H,1-7H3/b34-22+/t24-,26-,30+/m0/s1. The lowest BCUT2D eigenvalue weighted by molar-refractivity contribution is -0.120. The van der Waals surface area contributed by atoms with E-state index in [1.807, 2.05) is 76.2 Å². The summed E-state index contributed by atoms with van der Waals surface area (Å²) in [5.74, 6) is -0.0397. The van der Waals surface area contributed by atoms with Crippen LogP contribution in [-0.2, 0) is 9.53 Å². The minimum Gasteiger partial charge on any atom is -0.479 e. The number of carbonyl (C=O) groups is 1. The molecule has 7 heteroatoms. The number of hydrogen-bond acceptors (Lipinski definition) is 6. The zero-order chi connectivity index (χ0) is 27.3. The van der Waals surface area contributed by atoms with Gasteiger partial charge in [0.2, 0.25) is 0 Å². The van der Waals surface area contributed by atoms with Crippen molar-refractivity contribution in [3.63, 3.8) is 0 Å². The third-order valence-corrected chi connectivity index (χ3v) is 7.08. The van der Waals surface area contributed by atoms with E-state index in [1.54, 1.807) is 20.8 Å². The Bertz CT molecular complexity index is 1410. The quantitative estimate of drug-likeness (QED) is 0.373. The number of aryl methyl sites for hydroxylation is 1. The van der Waals surface area contributed by atoms with Crippen molar-refractivity contribution < 1.29 is 14.3 Å². The molecule has 0 spiro atoms. The summed E-state index contributed by atoms with van der Waals surface area (Å²) < 4.78 is 14.1. The van der Waals surface area contributed by atoms with E-state index >= 15 is 0 Å². The molecule has 0 aliphatic carbocycles. The molecule has 37 heavy (non-hydrogen) atoms. The van der Waals surface area contributed by atoms with Crippen molar-refractivity contribution >= 4 is 27.4 Å². The monoisotopic (exact) mass is 559 g/mol. The van der Waals surface area contributed by atoms with Crippen molar-refractivity contribution in [1.82, 2.24) is 0 Å². The lowest BCUT2D eigenvalue weighted by atomic mass is 9.75. The first-order valence-electron chi connectivity index (χ1n) is 12.1. The molecular weight excluding hydrogens is 530 g/mol. The first-order valence-corrected chi connectivity index (χ1v) is 12.9. The highest BCUT2D eigenvalue weighted by molar-refractivity contribution is 9.10. The van der Waals surface area contributed by atoms with Gasteiger partial charge in [0, 0.05) is 20.9 Å². The van der Waals surface area contributed by atoms with Gasteiger partial charge in [-0.1, -0.05) is 87.3 Å². The second-order valence-electron chi connectivity index (χ2n) is 11.6. The van der Waals surface area contributed by atoms with Gasteiger partial charge in [-0.15, -0.1) is 0 Å². The molecule has 2 aliphatic rings. The SMILES string of the molecule is Cc1ccc([C@@H]2Oc3ccc(Br)cc3[C@H]3C(C#N)=C(C(C)(C)C)O[C@]32/N=C(\C#N)C(=O)C(C)(C)C)cc1. The Balaban J connectivity index is 2.11. The topological polar surface area (TPSA) is 95.5 Å². The summed E-state index contributed by atoms with van der Waals surface area (Å²) in [6.45, 7) is 13.1. The number of carbonyl (C=O) groups excluding carboxylic acids is 1. The van der Waals surface area contributed by atoms with Gasteiger partial charge in [0.1, 0.15) is 17.6 Å². The predicted octanol–water partition coefficient (Wildman–Crippen LogP) is 7.10. The Morgan fingerprint density at radius 3 is 2.24 bits per heavy atom. The molecule has 4 rings (SSSR count). The van der Waals surface area contributed by atoms with Crippen LogP contribution in [0.25, 0.3) is 0 Å². The summed E-state index contributed by atoms with van der Waals surface area (Å²) in [5, 5.41) is 20.6. The first kappa shape index (κ1) is 26.6. The molecule has 0 saturated heterocycles. The lowest BCUT2D eigenvalue weighted by Gasteiger charge is -2.43. The van der Waals surface area contributed by atoms with Gasteiger partial charge >= 0.3 is 0 Å². The van der Waals surface area contributed by atoms with E-state index < -0.39 is 34.4 Å². The summed E-state index contributed by atoms with van der Waals surface area (Å²) >= 11 is 3.55. The van der Waals surface area contributed by atoms with E-state index in [-0.39, 0.29) is 5.71 Å². The highest BCUT2D eigenvalue weighted by Gasteiger charge is 2.63. The number of ketones is 1. The average molecular weight is 560 g/mol. The van der Waals surface area contributed by atoms with Crippen LogP contribution < -0.4 is 4.74 Å². The van der Waals surface area contributed by atoms with Crippen molar-refractivity contribution in [2.45, 2.75) is 66.2 Å². The molecule has 0 bridgehead atoms. The molecule has 0 aromatic heterocycles. The number of rotatable bonds is 3. The molecule has 6 nitrogen and oxygen atoms in total. The summed E-state index contributed by atoms with van der Waals surface area (Å²) in [4.78, 5) is 18.2. The number of aliphatic imine (C=N–C) groups is 1. The van der Waals surface area contributed by atoms with E-state index in [9.17, 15) is 15.3 Å². The number of hydrogen-bond donors (Lipinski definition) is 0. The van der Waals surface area contributed by atoms with E-state index in [1.165, 1.54) is 0 Å². The summed E-state index contributed by atoms with van der Waals surface area (Å²) in [5.41, 5.74) is -0.275. The van der Waals surface area contributed by atoms with Crippen LogP contribution in [0.15, 0.2) is 63.3 Å². The fourth-order valence-corrected chi connectivity index (χ4v) is 5.16. The van der Waals surface area contributed by atoms with Crippen molar-refractivity contribution in [3.8, 4) is 17.9 Å². The Kier molecular flexibility index (Phi) is 6.59. The highest BCUT2D eigenvalue weighted by atomic mass is 79.9. The predicted molar refractivity (Wildman–Crippen MR) is 145 cm³/mol. The van der Waals surface area contributed by atoms with Crippen molar-refractivity contribution in [2.75, 3.05) is 0 Å². The van der Waals surface area contributed by atoms with Gasteiger partial charge in [-0.3, -0.25) is 4.79 Å². The molecule has 2 aromatic rings. The van der Waals surface area contributed by atoms with Gasteiger partial charge in [-0.2, -0.15) is 10.5 Å². The van der Waals surface area contributed by atoms with E-state index in [2.05, 4.69) is 22.0 Å². The zero-order valence-corrected chi connectivity index (χ0v) is 23.7. The average Bonchev–Trinajstić information content (AvgIpc) is 3.18. The second-order valence-corrected chi connectivity index (χ2v) is 12.5. The van der Waals surface area contributed by atoms with Crippen LogP contribution in [0.1, 0.15) is 70.3 Å². The Morgan fingerprint density at radius 1 is 1.05 bits per heavy atom. The van der Waals surface area contributed by atoms with Crippen molar-refractivity contribution in [3.05, 3.63) is 75.0 Å². The number of ether oxygens (including phenoxy) is 2. The van der Waals surface area contributed by atoms with Crippen LogP contribution in [0.2, 0.25) is 0 Å². The molecule has 2 aliphatic heterocycles. The molecule has 0 radical (unpaired) electrons. The molecule has 0 N–H and O–H groups in total. The molecular formula is C30H30BrN3O3. The number of halogens is 1. The molecule has 0 fully saturated rings. The maximum absolute atomic E-state index is 13.3. The number of nitrogens with zero attached hydrogens (tertiary/aromatic N) is 3. The first-order chi connectivity index (χ1) is 17.2. The van der Waals surface area contributed by atoms with Gasteiger partial charge in [0.15, 0.2) is 17.6 Å². The van der Waals surface area contributed by atoms with Gasteiger partial charge in [-0.05, 0) is 30.7 Å². The molecule has 190 valence electrons. The maximum Gasteiger partial charge on any atom is 0.253 e. The van der Waals surface area contributed by atoms with E-state index in [4.69, 9.17) is 14.5 Å². The number of Topliss-reactive ketones (excluding diaryl/α,β-unsaturated/α-hetero) is 1. The van der Waals surface area contributed by atoms with E-state index in [0.717, 1.165) is 15.6 Å². The summed E-state index contributed by atoms with van der Waals surface area (Å²) in [6, 6.07) is 17.8. The van der Waals surface area contributed by atoms with Crippen LogP contribution in [-0.4, -0.2) is 17.2 Å². The molecule has 0 saturated carbocycles. The Labute approximate surface area is 226 Å². The van der Waals surface area contributed by atoms with Crippen LogP contribution in [0.5, 0.6) is 5.75 Å². The number of fused-ring (bicyclic) bond motifs is 3. The van der Waals surface area contributed by atoms with Crippen molar-refractivity contribution in [1.29, 1.82) is 10.5 Å². The number of benzene rings is 2. The molecule has 0 amide bonds. The minimum absolute atomic E-state index is 0.260. The van der Waals surface area contributed by atoms with Gasteiger partial charge in [-0.25, -0.2) is 4.99 Å². The van der Waals surface area contributed by atoms with Crippen LogP contribution in [0.4, 0.5) is 0 Å². The van der Waals surface area contributed by atoms with Crippen molar-refractivity contribution in [2.24, 2.45) is 15.8 Å². The largest absolute Gasteiger partial charge is 0.479 e. The second kappa shape index (κ2) is 9.15. The summed E-state index contributed by atoms with van der Waals surface area (Å²) in [6.07, 6.45) is -0.828. The Hall–Kier alpha value is -3.42. The smallest absolute Gasteiger partial charge is 0.253 e. The third-order valence-electron chi connectivity index (χ3n) is 6.59. The van der Waals surface area contributed by atoms with E-state index in [0.29, 0.717) is 22.6 Å². The summed E-state index contributed by atoms with van der Waals surface area (Å²) in [7, 11) is 0. The molecule has 0 unspecified atom stereocenters. The Morgan fingerprint density at radius 2 is 1.70 bits per heavy atom. The van der Waals surface area contributed by atoms with Gasteiger partial charge in [0.25, 0.3) is 5.72 Å².